The van der Waals surface area contributed by atoms with Crippen molar-refractivity contribution >= 4 is 11.9 Å². The summed E-state index contributed by atoms with van der Waals surface area (Å²) in [5.74, 6) is -1.29. The molecule has 0 aromatic heterocycles. The molecule has 0 bridgehead atoms. The molecule has 0 aromatic rings. The van der Waals surface area contributed by atoms with Crippen LogP contribution >= 0.6 is 0 Å². The number of ether oxygens (including phenoxy) is 1. The van der Waals surface area contributed by atoms with E-state index < -0.39 is 11.9 Å². The van der Waals surface area contributed by atoms with Crippen LogP contribution in [0.5, 0.6) is 0 Å². The molecule has 0 unspecified atom stereocenters. The number of carbonyl (C=O) groups excluding carboxylic acids is 2. The predicted molar refractivity (Wildman–Crippen MR) is 62.1 cm³/mol. The van der Waals surface area contributed by atoms with Crippen LogP contribution < -0.4 is 0 Å². The topological polar surface area (TPSA) is 49.9 Å². The van der Waals surface area contributed by atoms with Crippen molar-refractivity contribution in [2.24, 2.45) is 0 Å². The number of carbonyl (C=O) groups is 2. The molecule has 0 aliphatic heterocycles. The van der Waals surface area contributed by atoms with Gasteiger partial charge >= 0.3 is 11.9 Å². The predicted octanol–water partition coefficient (Wildman–Crippen LogP) is 0.350. The Bertz CT molecular complexity index is 229. The van der Waals surface area contributed by atoms with Gasteiger partial charge in [0.2, 0.25) is 0 Å². The SMILES string of the molecule is CCCN(CCN(C)C)C(=O)C(=O)OCC. The first-order valence-corrected chi connectivity index (χ1v) is 5.63. The number of hydrogen-bond donors (Lipinski definition) is 0. The average Bonchev–Trinajstić information content (AvgIpc) is 2.23. The van der Waals surface area contributed by atoms with Gasteiger partial charge in [-0.2, -0.15) is 0 Å². The molecule has 0 atom stereocenters. The fourth-order valence-corrected chi connectivity index (χ4v) is 1.23. The summed E-state index contributed by atoms with van der Waals surface area (Å²) in [6, 6.07) is 0. The van der Waals surface area contributed by atoms with Gasteiger partial charge in [0.25, 0.3) is 0 Å². The minimum Gasteiger partial charge on any atom is -0.459 e. The first kappa shape index (κ1) is 14.9. The third-order valence-electron chi connectivity index (χ3n) is 2.05. The second-order valence-corrected chi connectivity index (χ2v) is 3.82. The van der Waals surface area contributed by atoms with Crippen LogP contribution in [0.15, 0.2) is 0 Å². The zero-order valence-electron chi connectivity index (χ0n) is 10.7. The number of hydrogen-bond acceptors (Lipinski definition) is 4. The van der Waals surface area contributed by atoms with E-state index in [2.05, 4.69) is 0 Å². The number of rotatable bonds is 6. The zero-order chi connectivity index (χ0) is 12.6. The maximum absolute atomic E-state index is 11.7. The minimum absolute atomic E-state index is 0.234. The Morgan fingerprint density at radius 2 is 1.69 bits per heavy atom. The summed E-state index contributed by atoms with van der Waals surface area (Å²) >= 11 is 0. The van der Waals surface area contributed by atoms with Crippen LogP contribution in [0, 0.1) is 0 Å². The number of amides is 1. The van der Waals surface area contributed by atoms with E-state index in [1.54, 1.807) is 6.92 Å². The van der Waals surface area contributed by atoms with Crippen LogP contribution in [-0.2, 0) is 14.3 Å². The smallest absolute Gasteiger partial charge is 0.397 e. The Hall–Kier alpha value is -1.10. The molecule has 0 saturated heterocycles. The number of likely N-dealkylation sites (N-methyl/N-ethyl adjacent to an activating group) is 1. The third-order valence-corrected chi connectivity index (χ3v) is 2.05. The Balaban J connectivity index is 4.27. The summed E-state index contributed by atoms with van der Waals surface area (Å²) in [6.07, 6.45) is 0.832. The largest absolute Gasteiger partial charge is 0.459 e. The second-order valence-electron chi connectivity index (χ2n) is 3.82. The Labute approximate surface area is 97.3 Å². The Morgan fingerprint density at radius 3 is 2.12 bits per heavy atom. The molecule has 5 heteroatoms. The van der Waals surface area contributed by atoms with E-state index in [4.69, 9.17) is 4.74 Å². The van der Waals surface area contributed by atoms with E-state index in [1.165, 1.54) is 4.90 Å². The van der Waals surface area contributed by atoms with E-state index in [0.717, 1.165) is 13.0 Å². The molecule has 0 saturated carbocycles. The molecular formula is C11H22N2O3. The van der Waals surface area contributed by atoms with Gasteiger partial charge in [-0.25, -0.2) is 4.79 Å². The quantitative estimate of drug-likeness (QED) is 0.488. The van der Waals surface area contributed by atoms with Crippen molar-refractivity contribution in [1.82, 2.24) is 9.80 Å². The summed E-state index contributed by atoms with van der Waals surface area (Å²) in [5, 5.41) is 0. The van der Waals surface area contributed by atoms with Crippen molar-refractivity contribution in [2.75, 3.05) is 40.3 Å². The summed E-state index contributed by atoms with van der Waals surface area (Å²) in [5.41, 5.74) is 0. The normalized spacial score (nSPS) is 10.3. The summed E-state index contributed by atoms with van der Waals surface area (Å²) in [7, 11) is 3.86. The van der Waals surface area contributed by atoms with E-state index >= 15 is 0 Å². The first-order valence-electron chi connectivity index (χ1n) is 5.63. The molecule has 0 radical (unpaired) electrons. The van der Waals surface area contributed by atoms with Gasteiger partial charge in [-0.05, 0) is 27.4 Å². The molecule has 0 spiro atoms. The molecule has 0 aliphatic carbocycles. The molecule has 16 heavy (non-hydrogen) atoms. The highest BCUT2D eigenvalue weighted by Gasteiger charge is 2.21. The van der Waals surface area contributed by atoms with Gasteiger partial charge in [0, 0.05) is 19.6 Å². The maximum Gasteiger partial charge on any atom is 0.397 e. The molecule has 0 fully saturated rings. The standard InChI is InChI=1S/C11H22N2O3/c1-5-7-13(9-8-12(3)4)10(14)11(15)16-6-2/h5-9H2,1-4H3. The highest BCUT2D eigenvalue weighted by atomic mass is 16.5. The minimum atomic E-state index is -0.755. The van der Waals surface area contributed by atoms with Crippen molar-refractivity contribution in [3.8, 4) is 0 Å². The van der Waals surface area contributed by atoms with Gasteiger partial charge in [0.1, 0.15) is 0 Å². The maximum atomic E-state index is 11.7. The lowest BCUT2D eigenvalue weighted by atomic mass is 10.3. The van der Waals surface area contributed by atoms with Crippen LogP contribution in [0.2, 0.25) is 0 Å². The van der Waals surface area contributed by atoms with Crippen molar-refractivity contribution in [3.05, 3.63) is 0 Å². The number of esters is 1. The van der Waals surface area contributed by atoms with Crippen molar-refractivity contribution in [2.45, 2.75) is 20.3 Å². The number of nitrogens with zero attached hydrogens (tertiary/aromatic N) is 2. The van der Waals surface area contributed by atoms with Gasteiger partial charge in [-0.1, -0.05) is 6.92 Å². The Morgan fingerprint density at radius 1 is 1.06 bits per heavy atom. The van der Waals surface area contributed by atoms with Gasteiger partial charge < -0.3 is 14.5 Å². The van der Waals surface area contributed by atoms with E-state index in [1.807, 2.05) is 25.9 Å². The van der Waals surface area contributed by atoms with E-state index in [-0.39, 0.29) is 6.61 Å². The molecule has 0 aromatic carbocycles. The summed E-state index contributed by atoms with van der Waals surface area (Å²) in [6.45, 7) is 5.78. The van der Waals surface area contributed by atoms with Crippen molar-refractivity contribution in [1.29, 1.82) is 0 Å². The van der Waals surface area contributed by atoms with Gasteiger partial charge in [0.05, 0.1) is 6.61 Å². The molecule has 5 nitrogen and oxygen atoms in total. The van der Waals surface area contributed by atoms with E-state index in [0.29, 0.717) is 13.1 Å². The summed E-state index contributed by atoms with van der Waals surface area (Å²) < 4.78 is 4.69. The van der Waals surface area contributed by atoms with Crippen LogP contribution in [0.25, 0.3) is 0 Å². The second kappa shape index (κ2) is 8.10. The van der Waals surface area contributed by atoms with Crippen molar-refractivity contribution in [3.63, 3.8) is 0 Å². The van der Waals surface area contributed by atoms with Gasteiger partial charge in [-0.15, -0.1) is 0 Å². The fraction of sp³-hybridized carbons (Fsp3) is 0.818. The molecule has 0 aliphatic rings. The highest BCUT2D eigenvalue weighted by Crippen LogP contribution is 1.96. The lowest BCUT2D eigenvalue weighted by Gasteiger charge is -2.22. The third kappa shape index (κ3) is 5.70. The lowest BCUT2D eigenvalue weighted by Crippen LogP contribution is -2.41. The Kier molecular flexibility index (Phi) is 7.54. The zero-order valence-corrected chi connectivity index (χ0v) is 10.7. The van der Waals surface area contributed by atoms with E-state index in [9.17, 15) is 9.59 Å². The molecule has 1 amide bonds. The van der Waals surface area contributed by atoms with Crippen LogP contribution in [0.4, 0.5) is 0 Å². The van der Waals surface area contributed by atoms with Gasteiger partial charge in [0.15, 0.2) is 0 Å². The molecule has 0 rings (SSSR count). The van der Waals surface area contributed by atoms with Gasteiger partial charge in [-0.3, -0.25) is 4.79 Å². The first-order chi connectivity index (χ1) is 7.52. The average molecular weight is 230 g/mol. The van der Waals surface area contributed by atoms with Crippen molar-refractivity contribution < 1.29 is 14.3 Å². The van der Waals surface area contributed by atoms with Crippen LogP contribution in [0.3, 0.4) is 0 Å². The molecule has 0 N–H and O–H groups in total. The highest BCUT2D eigenvalue weighted by molar-refractivity contribution is 6.32. The van der Waals surface area contributed by atoms with Crippen LogP contribution in [0.1, 0.15) is 20.3 Å². The molecule has 94 valence electrons. The van der Waals surface area contributed by atoms with Crippen LogP contribution in [-0.4, -0.2) is 62.0 Å². The molecule has 0 heterocycles. The molecular weight excluding hydrogens is 208 g/mol. The lowest BCUT2D eigenvalue weighted by molar-refractivity contribution is -0.159. The summed E-state index contributed by atoms with van der Waals surface area (Å²) in [4.78, 5) is 26.5. The monoisotopic (exact) mass is 230 g/mol. The fourth-order valence-electron chi connectivity index (χ4n) is 1.23.